The number of phenolic OH excluding ortho intramolecular Hbond substituents is 1. The molecular formula is C30H32Cl2N2O5. The lowest BCUT2D eigenvalue weighted by atomic mass is 9.48. The zero-order valence-corrected chi connectivity index (χ0v) is 23.6. The fourth-order valence-electron chi connectivity index (χ4n) is 7.95. The molecule has 2 aliphatic heterocycles. The lowest BCUT2D eigenvalue weighted by Crippen LogP contribution is -2.79. The summed E-state index contributed by atoms with van der Waals surface area (Å²) in [4.78, 5) is 30.4. The van der Waals surface area contributed by atoms with Crippen LogP contribution >= 0.6 is 23.2 Å². The molecule has 2 fully saturated rings. The maximum atomic E-state index is 13.6. The van der Waals surface area contributed by atoms with Gasteiger partial charge in [-0.3, -0.25) is 14.5 Å². The second-order valence-corrected chi connectivity index (χ2v) is 12.0. The highest BCUT2D eigenvalue weighted by Gasteiger charge is 2.75. The molecule has 1 amide bonds. The number of hydrogen-bond donors (Lipinski definition) is 1. The molecule has 1 saturated carbocycles. The van der Waals surface area contributed by atoms with Crippen molar-refractivity contribution in [1.82, 2.24) is 9.80 Å². The van der Waals surface area contributed by atoms with Gasteiger partial charge in [0.2, 0.25) is 5.91 Å². The third-order valence-electron chi connectivity index (χ3n) is 9.42. The highest BCUT2D eigenvalue weighted by molar-refractivity contribution is 6.42. The fourth-order valence-corrected chi connectivity index (χ4v) is 8.27. The first-order chi connectivity index (χ1) is 18.6. The van der Waals surface area contributed by atoms with Gasteiger partial charge < -0.3 is 19.5 Å². The fraction of sp³-hybridized carbons (Fsp3) is 0.467. The van der Waals surface area contributed by atoms with Crippen molar-refractivity contribution < 1.29 is 24.2 Å². The number of carbonyl (C=O) groups excluding carboxylic acids is 2. The minimum Gasteiger partial charge on any atom is -0.504 e. The van der Waals surface area contributed by atoms with E-state index >= 15 is 0 Å². The Morgan fingerprint density at radius 3 is 2.77 bits per heavy atom. The minimum atomic E-state index is -0.846. The van der Waals surface area contributed by atoms with Gasteiger partial charge in [0.25, 0.3) is 0 Å². The number of carbonyl (C=O) groups is 2. The molecule has 2 aromatic rings. The molecule has 2 heterocycles. The SMILES string of the molecule is C=CCN1CC[C@]23c4c5ccc(O)c4O[C@H]2[C@H](N(C)C(=O)Cc2ccc(Cl)c(Cl)c2)CC[C@@]3(OC(C)=O)[C@H]1C5. The van der Waals surface area contributed by atoms with Crippen molar-refractivity contribution >= 4 is 35.1 Å². The Labute approximate surface area is 238 Å². The van der Waals surface area contributed by atoms with Crippen LogP contribution in [0.4, 0.5) is 0 Å². The first-order valence-electron chi connectivity index (χ1n) is 13.4. The number of likely N-dealkylation sites (N-methyl/N-ethyl adjacent to an activating group) is 1. The molecule has 1 N–H and O–H groups in total. The topological polar surface area (TPSA) is 79.3 Å². The van der Waals surface area contributed by atoms with Crippen LogP contribution in [-0.4, -0.2) is 70.7 Å². The van der Waals surface area contributed by atoms with Gasteiger partial charge in [0.15, 0.2) is 11.5 Å². The van der Waals surface area contributed by atoms with Crippen LogP contribution in [0.2, 0.25) is 10.0 Å². The van der Waals surface area contributed by atoms with E-state index in [1.807, 2.05) is 12.1 Å². The zero-order chi connectivity index (χ0) is 27.7. The summed E-state index contributed by atoms with van der Waals surface area (Å²) in [5.41, 5.74) is 1.27. The summed E-state index contributed by atoms with van der Waals surface area (Å²) in [6.45, 7) is 6.87. The van der Waals surface area contributed by atoms with Gasteiger partial charge in [-0.15, -0.1) is 6.58 Å². The van der Waals surface area contributed by atoms with Crippen LogP contribution in [0, 0.1) is 0 Å². The molecule has 0 unspecified atom stereocenters. The molecule has 4 aliphatic rings. The molecule has 2 aromatic carbocycles. The number of rotatable bonds is 6. The van der Waals surface area contributed by atoms with E-state index in [2.05, 4.69) is 11.5 Å². The van der Waals surface area contributed by atoms with Crippen molar-refractivity contribution in [1.29, 1.82) is 0 Å². The van der Waals surface area contributed by atoms with Crippen LogP contribution in [0.3, 0.4) is 0 Å². The Hall–Kier alpha value is -2.74. The van der Waals surface area contributed by atoms with Gasteiger partial charge in [0.1, 0.15) is 11.7 Å². The lowest BCUT2D eigenvalue weighted by Gasteiger charge is -2.65. The predicted molar refractivity (Wildman–Crippen MR) is 149 cm³/mol. The summed E-state index contributed by atoms with van der Waals surface area (Å²) >= 11 is 12.3. The molecule has 39 heavy (non-hydrogen) atoms. The number of ether oxygens (including phenoxy) is 2. The Bertz CT molecular complexity index is 1380. The molecular weight excluding hydrogens is 539 g/mol. The average Bonchev–Trinajstić information content (AvgIpc) is 3.24. The standard InChI is InChI=1S/C30H32Cl2N2O5/c1-4-12-34-13-11-29-26-19-6-8-23(36)27(26)38-28(29)22(9-10-30(29,24(34)16-19)39-17(2)35)33(3)25(37)15-18-5-7-20(31)21(32)14-18/h4-8,14,22,24,28,36H,1,9-13,15-16H2,2-3H3/t22-,24-,28+,29+,30-/m1/s1. The Morgan fingerprint density at radius 1 is 1.26 bits per heavy atom. The molecule has 7 nitrogen and oxygen atoms in total. The number of amides is 1. The van der Waals surface area contributed by atoms with Crippen LogP contribution in [0.1, 0.15) is 42.9 Å². The number of benzene rings is 2. The second-order valence-electron chi connectivity index (χ2n) is 11.2. The lowest BCUT2D eigenvalue weighted by molar-refractivity contribution is -0.222. The van der Waals surface area contributed by atoms with Crippen LogP contribution in [0.5, 0.6) is 11.5 Å². The monoisotopic (exact) mass is 570 g/mol. The highest BCUT2D eigenvalue weighted by atomic mass is 35.5. The number of esters is 1. The van der Waals surface area contributed by atoms with E-state index in [0.717, 1.165) is 23.2 Å². The van der Waals surface area contributed by atoms with E-state index in [1.165, 1.54) is 6.92 Å². The van der Waals surface area contributed by atoms with Crippen molar-refractivity contribution in [3.05, 3.63) is 69.7 Å². The van der Waals surface area contributed by atoms with Gasteiger partial charge in [-0.25, -0.2) is 0 Å². The van der Waals surface area contributed by atoms with E-state index in [-0.39, 0.29) is 36.1 Å². The van der Waals surface area contributed by atoms with E-state index in [1.54, 1.807) is 36.2 Å². The molecule has 5 atom stereocenters. The summed E-state index contributed by atoms with van der Waals surface area (Å²) in [5, 5.41) is 11.8. The van der Waals surface area contributed by atoms with Crippen LogP contribution in [0.25, 0.3) is 0 Å². The first-order valence-corrected chi connectivity index (χ1v) is 14.1. The van der Waals surface area contributed by atoms with Crippen molar-refractivity contribution in [3.8, 4) is 11.5 Å². The van der Waals surface area contributed by atoms with E-state index < -0.39 is 17.1 Å². The Morgan fingerprint density at radius 2 is 2.05 bits per heavy atom. The van der Waals surface area contributed by atoms with Gasteiger partial charge in [-0.2, -0.15) is 0 Å². The van der Waals surface area contributed by atoms with Crippen LogP contribution in [-0.2, 0) is 32.6 Å². The van der Waals surface area contributed by atoms with Gasteiger partial charge in [0.05, 0.1) is 34.0 Å². The van der Waals surface area contributed by atoms with Crippen molar-refractivity contribution in [3.63, 3.8) is 0 Å². The van der Waals surface area contributed by atoms with Gasteiger partial charge in [-0.05, 0) is 55.0 Å². The maximum Gasteiger partial charge on any atom is 0.303 e. The Balaban J connectivity index is 1.43. The van der Waals surface area contributed by atoms with Gasteiger partial charge >= 0.3 is 5.97 Å². The molecule has 6 rings (SSSR count). The molecule has 2 bridgehead atoms. The molecule has 0 aromatic heterocycles. The molecule has 0 radical (unpaired) electrons. The molecule has 1 spiro atoms. The van der Waals surface area contributed by atoms with Crippen LogP contribution < -0.4 is 4.74 Å². The minimum absolute atomic E-state index is 0.0691. The normalized spacial score (nSPS) is 30.2. The number of halogens is 2. The van der Waals surface area contributed by atoms with Crippen LogP contribution in [0.15, 0.2) is 43.0 Å². The summed E-state index contributed by atoms with van der Waals surface area (Å²) in [7, 11) is 1.81. The van der Waals surface area contributed by atoms with Gasteiger partial charge in [0, 0.05) is 32.6 Å². The van der Waals surface area contributed by atoms with E-state index in [9.17, 15) is 14.7 Å². The number of aromatic hydroxyl groups is 1. The number of likely N-dealkylation sites (tertiary alicyclic amines) is 1. The van der Waals surface area contributed by atoms with Crippen molar-refractivity contribution in [2.24, 2.45) is 0 Å². The smallest absolute Gasteiger partial charge is 0.303 e. The Kier molecular flexibility index (Phi) is 6.40. The third kappa shape index (κ3) is 3.73. The number of phenols is 1. The van der Waals surface area contributed by atoms with E-state index in [4.69, 9.17) is 32.7 Å². The number of hydrogen-bond acceptors (Lipinski definition) is 6. The average molecular weight is 572 g/mol. The summed E-state index contributed by atoms with van der Waals surface area (Å²) in [5.74, 6) is 0.125. The quantitative estimate of drug-likeness (QED) is 0.401. The summed E-state index contributed by atoms with van der Waals surface area (Å²) in [6.07, 6.45) is 4.09. The molecule has 2 aliphatic carbocycles. The van der Waals surface area contributed by atoms with E-state index in [0.29, 0.717) is 48.0 Å². The predicted octanol–water partition coefficient (Wildman–Crippen LogP) is 4.68. The molecule has 1 saturated heterocycles. The summed E-state index contributed by atoms with van der Waals surface area (Å²) in [6, 6.07) is 8.51. The van der Waals surface area contributed by atoms with Gasteiger partial charge in [-0.1, -0.05) is 41.4 Å². The molecule has 9 heteroatoms. The summed E-state index contributed by atoms with van der Waals surface area (Å²) < 4.78 is 13.1. The largest absolute Gasteiger partial charge is 0.504 e. The van der Waals surface area contributed by atoms with Crippen molar-refractivity contribution in [2.45, 2.75) is 68.2 Å². The molecule has 206 valence electrons. The maximum absolute atomic E-state index is 13.6. The number of piperidine rings is 1. The first kappa shape index (κ1) is 26.5. The third-order valence-corrected chi connectivity index (χ3v) is 10.2. The second kappa shape index (κ2) is 9.43. The van der Waals surface area contributed by atoms with Crippen molar-refractivity contribution in [2.75, 3.05) is 20.1 Å². The number of nitrogens with zero attached hydrogens (tertiary/aromatic N) is 2. The highest BCUT2D eigenvalue weighted by Crippen LogP contribution is 2.67. The zero-order valence-electron chi connectivity index (χ0n) is 22.1.